The van der Waals surface area contributed by atoms with Crippen LogP contribution >= 0.6 is 15.9 Å². The SMILES string of the molecule is CN1CCCCC(CN)C1c1ccc(Br)c2cccnc12. The van der Waals surface area contributed by atoms with Gasteiger partial charge in [-0.25, -0.2) is 0 Å². The standard InChI is InChI=1S/C17H22BrN3/c1-21-10-3-2-5-12(11-19)17(21)14-7-8-15(18)13-6-4-9-20-16(13)14/h4,6-9,12,17H,2-3,5,10-11,19H2,1H3. The highest BCUT2D eigenvalue weighted by Gasteiger charge is 2.29. The molecule has 1 aliphatic heterocycles. The summed E-state index contributed by atoms with van der Waals surface area (Å²) >= 11 is 3.64. The molecule has 2 aromatic rings. The van der Waals surface area contributed by atoms with Gasteiger partial charge in [-0.2, -0.15) is 0 Å². The topological polar surface area (TPSA) is 42.1 Å². The minimum absolute atomic E-state index is 0.364. The zero-order chi connectivity index (χ0) is 14.8. The Bertz CT molecular complexity index is 628. The molecule has 0 spiro atoms. The summed E-state index contributed by atoms with van der Waals surface area (Å²) in [5.74, 6) is 0.504. The van der Waals surface area contributed by atoms with Gasteiger partial charge in [0.25, 0.3) is 0 Å². The van der Waals surface area contributed by atoms with Crippen molar-refractivity contribution < 1.29 is 0 Å². The van der Waals surface area contributed by atoms with E-state index in [9.17, 15) is 0 Å². The Morgan fingerprint density at radius 1 is 1.33 bits per heavy atom. The van der Waals surface area contributed by atoms with Crippen LogP contribution in [0.5, 0.6) is 0 Å². The summed E-state index contributed by atoms with van der Waals surface area (Å²) < 4.78 is 1.11. The zero-order valence-electron chi connectivity index (χ0n) is 12.4. The number of hydrogen-bond donors (Lipinski definition) is 1. The predicted octanol–water partition coefficient (Wildman–Crippen LogP) is 3.73. The maximum absolute atomic E-state index is 6.08. The number of nitrogens with zero attached hydrogens (tertiary/aromatic N) is 2. The first-order valence-electron chi connectivity index (χ1n) is 7.66. The van der Waals surface area contributed by atoms with Gasteiger partial charge in [-0.15, -0.1) is 0 Å². The number of benzene rings is 1. The molecule has 1 fully saturated rings. The summed E-state index contributed by atoms with van der Waals surface area (Å²) in [6, 6.07) is 8.85. The van der Waals surface area contributed by atoms with Crippen LogP contribution in [0.25, 0.3) is 10.9 Å². The van der Waals surface area contributed by atoms with Crippen molar-refractivity contribution >= 4 is 26.8 Å². The smallest absolute Gasteiger partial charge is 0.0761 e. The second kappa shape index (κ2) is 6.42. The second-order valence-corrected chi connectivity index (χ2v) is 6.81. The van der Waals surface area contributed by atoms with E-state index in [-0.39, 0.29) is 0 Å². The lowest BCUT2D eigenvalue weighted by Crippen LogP contribution is -2.33. The molecule has 0 radical (unpaired) electrons. The number of aromatic nitrogens is 1. The van der Waals surface area contributed by atoms with Crippen molar-refractivity contribution in [2.24, 2.45) is 11.7 Å². The van der Waals surface area contributed by atoms with Gasteiger partial charge in [-0.3, -0.25) is 9.88 Å². The van der Waals surface area contributed by atoms with Crippen molar-refractivity contribution in [3.8, 4) is 0 Å². The lowest BCUT2D eigenvalue weighted by Gasteiger charge is -2.32. The highest BCUT2D eigenvalue weighted by molar-refractivity contribution is 9.10. The molecule has 2 N–H and O–H groups in total. The van der Waals surface area contributed by atoms with E-state index in [1.165, 1.54) is 30.2 Å². The quantitative estimate of drug-likeness (QED) is 0.899. The Morgan fingerprint density at radius 2 is 2.19 bits per heavy atom. The van der Waals surface area contributed by atoms with Crippen LogP contribution < -0.4 is 5.73 Å². The third-order valence-electron chi connectivity index (χ3n) is 4.63. The molecule has 2 heterocycles. The van der Waals surface area contributed by atoms with E-state index < -0.39 is 0 Å². The average Bonchev–Trinajstić information content (AvgIpc) is 2.70. The van der Waals surface area contributed by atoms with Crippen LogP contribution in [0.15, 0.2) is 34.9 Å². The molecule has 1 saturated heterocycles. The van der Waals surface area contributed by atoms with Crippen LogP contribution in [0.4, 0.5) is 0 Å². The van der Waals surface area contributed by atoms with E-state index in [1.54, 1.807) is 0 Å². The Kier molecular flexibility index (Phi) is 4.57. The van der Waals surface area contributed by atoms with Crippen LogP contribution in [0.2, 0.25) is 0 Å². The number of rotatable bonds is 2. The van der Waals surface area contributed by atoms with E-state index >= 15 is 0 Å². The molecule has 3 nitrogen and oxygen atoms in total. The molecule has 3 rings (SSSR count). The molecule has 0 amide bonds. The Morgan fingerprint density at radius 3 is 3.00 bits per heavy atom. The van der Waals surface area contributed by atoms with Crippen LogP contribution in [0, 0.1) is 5.92 Å². The van der Waals surface area contributed by atoms with E-state index in [0.717, 1.165) is 23.1 Å². The van der Waals surface area contributed by atoms with Gasteiger partial charge in [0.1, 0.15) is 0 Å². The zero-order valence-corrected chi connectivity index (χ0v) is 14.0. The first-order valence-corrected chi connectivity index (χ1v) is 8.45. The third-order valence-corrected chi connectivity index (χ3v) is 5.32. The average molecular weight is 348 g/mol. The van der Waals surface area contributed by atoms with E-state index in [2.05, 4.69) is 51.1 Å². The summed E-state index contributed by atoms with van der Waals surface area (Å²) in [6.07, 6.45) is 5.61. The van der Waals surface area contributed by atoms with Crippen LogP contribution in [0.3, 0.4) is 0 Å². The van der Waals surface area contributed by atoms with Crippen molar-refractivity contribution in [3.05, 3.63) is 40.5 Å². The second-order valence-electron chi connectivity index (χ2n) is 5.95. The molecule has 1 aromatic carbocycles. The van der Waals surface area contributed by atoms with Gasteiger partial charge < -0.3 is 5.73 Å². The minimum Gasteiger partial charge on any atom is -0.330 e. The molecule has 1 aromatic heterocycles. The predicted molar refractivity (Wildman–Crippen MR) is 91.2 cm³/mol. The van der Waals surface area contributed by atoms with Gasteiger partial charge in [0, 0.05) is 22.1 Å². The third kappa shape index (κ3) is 2.85. The van der Waals surface area contributed by atoms with Gasteiger partial charge in [-0.05, 0) is 56.6 Å². The van der Waals surface area contributed by atoms with Gasteiger partial charge in [0.15, 0.2) is 0 Å². The van der Waals surface area contributed by atoms with Gasteiger partial charge >= 0.3 is 0 Å². The van der Waals surface area contributed by atoms with Crippen molar-refractivity contribution in [1.82, 2.24) is 9.88 Å². The Labute approximate surface area is 134 Å². The number of nitrogens with two attached hydrogens (primary N) is 1. The first-order chi connectivity index (χ1) is 10.2. The molecular formula is C17H22BrN3. The summed E-state index contributed by atoms with van der Waals surface area (Å²) in [5.41, 5.74) is 8.49. The molecule has 0 saturated carbocycles. The first kappa shape index (κ1) is 14.9. The monoisotopic (exact) mass is 347 g/mol. The fourth-order valence-electron chi connectivity index (χ4n) is 3.56. The van der Waals surface area contributed by atoms with Gasteiger partial charge in [0.2, 0.25) is 0 Å². The fourth-order valence-corrected chi connectivity index (χ4v) is 4.01. The van der Waals surface area contributed by atoms with Gasteiger partial charge in [-0.1, -0.05) is 34.5 Å². The normalized spacial score (nSPS) is 24.1. The maximum atomic E-state index is 6.08. The fraction of sp³-hybridized carbons (Fsp3) is 0.471. The summed E-state index contributed by atoms with van der Waals surface area (Å²) in [7, 11) is 2.22. The number of fused-ring (bicyclic) bond motifs is 1. The molecule has 2 atom stereocenters. The summed E-state index contributed by atoms with van der Waals surface area (Å²) in [4.78, 5) is 7.11. The molecular weight excluding hydrogens is 326 g/mol. The van der Waals surface area contributed by atoms with Crippen LogP contribution in [-0.2, 0) is 0 Å². The van der Waals surface area contributed by atoms with E-state index in [4.69, 9.17) is 5.73 Å². The molecule has 112 valence electrons. The lowest BCUT2D eigenvalue weighted by molar-refractivity contribution is 0.197. The summed E-state index contributed by atoms with van der Waals surface area (Å²) in [5, 5.41) is 1.18. The number of likely N-dealkylation sites (tertiary alicyclic amines) is 1. The van der Waals surface area contributed by atoms with E-state index in [0.29, 0.717) is 12.0 Å². The molecule has 0 bridgehead atoms. The number of pyridine rings is 1. The highest BCUT2D eigenvalue weighted by atomic mass is 79.9. The maximum Gasteiger partial charge on any atom is 0.0761 e. The van der Waals surface area contributed by atoms with Crippen LogP contribution in [0.1, 0.15) is 30.9 Å². The minimum atomic E-state index is 0.364. The molecule has 0 aliphatic carbocycles. The van der Waals surface area contributed by atoms with E-state index in [1.807, 2.05) is 12.3 Å². The largest absolute Gasteiger partial charge is 0.330 e. The van der Waals surface area contributed by atoms with Gasteiger partial charge in [0.05, 0.1) is 5.52 Å². The molecule has 2 unspecified atom stereocenters. The number of halogens is 1. The molecule has 4 heteroatoms. The van der Waals surface area contributed by atoms with Crippen molar-refractivity contribution in [2.45, 2.75) is 25.3 Å². The highest BCUT2D eigenvalue weighted by Crippen LogP contribution is 2.38. The van der Waals surface area contributed by atoms with Crippen LogP contribution in [-0.4, -0.2) is 30.0 Å². The van der Waals surface area contributed by atoms with Crippen molar-refractivity contribution in [3.63, 3.8) is 0 Å². The van der Waals surface area contributed by atoms with Crippen molar-refractivity contribution in [1.29, 1.82) is 0 Å². The molecule has 21 heavy (non-hydrogen) atoms. The Hall–Kier alpha value is -0.970. The summed E-state index contributed by atoms with van der Waals surface area (Å²) in [6.45, 7) is 1.87. The van der Waals surface area contributed by atoms with Crippen molar-refractivity contribution in [2.75, 3.05) is 20.1 Å². The Balaban J connectivity index is 2.15. The number of hydrogen-bond acceptors (Lipinski definition) is 3. The molecule has 1 aliphatic rings. The lowest BCUT2D eigenvalue weighted by atomic mass is 9.88.